The maximum atomic E-state index is 14.1. The number of thioether (sulfide) groups is 1. The van der Waals surface area contributed by atoms with Crippen LogP contribution in [0.1, 0.15) is 38.4 Å². The van der Waals surface area contributed by atoms with Gasteiger partial charge in [0.25, 0.3) is 15.7 Å². The number of pyridine rings is 2. The lowest BCUT2D eigenvalue weighted by molar-refractivity contribution is -0.0435. The highest BCUT2D eigenvalue weighted by atomic mass is 32.2. The quantitative estimate of drug-likeness (QED) is 0.0729. The molecular weight excluding hydrogens is 884 g/mol. The van der Waals surface area contributed by atoms with Crippen LogP contribution in [0.15, 0.2) is 118 Å². The van der Waals surface area contributed by atoms with Crippen LogP contribution in [0.5, 0.6) is 0 Å². The van der Waals surface area contributed by atoms with E-state index < -0.39 is 58.2 Å². The van der Waals surface area contributed by atoms with E-state index in [4.69, 9.17) is 0 Å². The summed E-state index contributed by atoms with van der Waals surface area (Å²) in [6, 6.07) is 22.8. The van der Waals surface area contributed by atoms with Gasteiger partial charge in [0.15, 0.2) is 20.8 Å². The van der Waals surface area contributed by atoms with Crippen molar-refractivity contribution in [2.45, 2.75) is 45.6 Å². The minimum absolute atomic E-state index is 0.228. The van der Waals surface area contributed by atoms with Gasteiger partial charge in [0.05, 0.1) is 20.8 Å². The molecule has 6 aromatic rings. The second kappa shape index (κ2) is 18.5. The second-order valence-corrected chi connectivity index (χ2v) is 20.7. The molecule has 1 amide bonds. The molecule has 324 valence electrons. The number of carbonyl (C=O) groups excluding carboxylic acids is 2. The normalized spacial score (nSPS) is 13.8. The fraction of sp³-hybridized carbons (Fsp3) is 0.262. The average molecular weight is 924 g/mol. The number of nitrogens with zero attached hydrogens (tertiary/aromatic N) is 5. The van der Waals surface area contributed by atoms with Crippen molar-refractivity contribution in [1.29, 1.82) is 0 Å². The number of hydrogen-bond donors (Lipinski definition) is 2. The highest BCUT2D eigenvalue weighted by molar-refractivity contribution is 7.99. The smallest absolute Gasteiger partial charge is 0.380 e. The maximum Gasteiger partial charge on any atom is 0.501 e. The van der Waals surface area contributed by atoms with Crippen LogP contribution in [-0.4, -0.2) is 98.6 Å². The Labute approximate surface area is 364 Å². The molecule has 7 rings (SSSR count). The lowest BCUT2D eigenvalue weighted by Crippen LogP contribution is -2.33. The first-order chi connectivity index (χ1) is 29.5. The molecule has 2 N–H and O–H groups in total. The average Bonchev–Trinajstić information content (AvgIpc) is 3.66. The number of benzene rings is 3. The van der Waals surface area contributed by atoms with Crippen LogP contribution in [0, 0.1) is 0 Å². The molecule has 1 aliphatic rings. The summed E-state index contributed by atoms with van der Waals surface area (Å²) in [5, 5.41) is 6.22. The number of carbonyl (C=O) groups is 2. The van der Waals surface area contributed by atoms with Gasteiger partial charge in [0, 0.05) is 47.7 Å². The summed E-state index contributed by atoms with van der Waals surface area (Å²) in [7, 11) is -7.12. The zero-order valence-electron chi connectivity index (χ0n) is 33.3. The van der Waals surface area contributed by atoms with Crippen molar-refractivity contribution < 1.29 is 39.6 Å². The largest absolute Gasteiger partial charge is 0.501 e. The number of anilines is 3. The Morgan fingerprint density at radius 2 is 1.73 bits per heavy atom. The van der Waals surface area contributed by atoms with Crippen molar-refractivity contribution in [3.8, 4) is 0 Å². The zero-order chi connectivity index (χ0) is 44.2. The van der Waals surface area contributed by atoms with Crippen LogP contribution in [0.2, 0.25) is 0 Å². The first kappa shape index (κ1) is 44.6. The van der Waals surface area contributed by atoms with E-state index in [9.17, 15) is 39.6 Å². The molecule has 3 aromatic carbocycles. The summed E-state index contributed by atoms with van der Waals surface area (Å²) in [4.78, 5) is 42.7. The highest BCUT2D eigenvalue weighted by Crippen LogP contribution is 2.37. The number of hydrogen-bond acceptors (Lipinski definition) is 14. The van der Waals surface area contributed by atoms with Crippen molar-refractivity contribution in [3.63, 3.8) is 0 Å². The first-order valence-corrected chi connectivity index (χ1v) is 24.1. The van der Waals surface area contributed by atoms with E-state index in [1.165, 1.54) is 35.2 Å². The molecule has 13 nitrogen and oxygen atoms in total. The molecule has 0 bridgehead atoms. The number of rotatable bonds is 16. The van der Waals surface area contributed by atoms with E-state index in [0.717, 1.165) is 32.9 Å². The summed E-state index contributed by atoms with van der Waals surface area (Å²) < 4.78 is 96.5. The second-order valence-electron chi connectivity index (χ2n) is 14.7. The van der Waals surface area contributed by atoms with Crippen molar-refractivity contribution in [3.05, 3.63) is 126 Å². The minimum atomic E-state index is -6.06. The number of nitrogens with one attached hydrogen (secondary N) is 2. The highest BCUT2D eigenvalue weighted by Gasteiger charge is 2.48. The Balaban J connectivity index is 1.10. The third-order valence-electron chi connectivity index (χ3n) is 9.98. The summed E-state index contributed by atoms with van der Waals surface area (Å²) in [6.07, 6.45) is 4.24. The fourth-order valence-electron chi connectivity index (χ4n) is 6.78. The molecule has 1 atom stereocenters. The summed E-state index contributed by atoms with van der Waals surface area (Å²) in [5.41, 5.74) is -3.59. The van der Waals surface area contributed by atoms with Gasteiger partial charge in [0.1, 0.15) is 22.2 Å². The van der Waals surface area contributed by atoms with Crippen molar-refractivity contribution in [2.75, 3.05) is 54.2 Å². The molecule has 0 fully saturated rings. The van der Waals surface area contributed by atoms with Crippen LogP contribution >= 0.6 is 23.1 Å². The van der Waals surface area contributed by atoms with E-state index in [0.29, 0.717) is 59.8 Å². The van der Waals surface area contributed by atoms with E-state index in [1.54, 1.807) is 36.7 Å². The lowest BCUT2D eigenvalue weighted by Gasteiger charge is -2.31. The van der Waals surface area contributed by atoms with Crippen molar-refractivity contribution in [1.82, 2.24) is 19.9 Å². The predicted molar refractivity (Wildman–Crippen MR) is 235 cm³/mol. The van der Waals surface area contributed by atoms with Gasteiger partial charge in [-0.15, -0.1) is 11.8 Å². The number of amides is 1. The number of Topliss-reactive ketones (excluding diaryl/α,β-unsaturated/α-hetero) is 1. The number of sulfone groups is 2. The third kappa shape index (κ3) is 10.3. The topological polar surface area (TPSA) is 172 Å². The predicted octanol–water partition coefficient (Wildman–Crippen LogP) is 7.38. The summed E-state index contributed by atoms with van der Waals surface area (Å²) in [5.74, 6) is -1.83. The van der Waals surface area contributed by atoms with Gasteiger partial charge in [0.2, 0.25) is 0 Å². The van der Waals surface area contributed by atoms with Crippen LogP contribution in [0.4, 0.5) is 29.8 Å². The molecule has 0 saturated heterocycles. The van der Waals surface area contributed by atoms with Crippen molar-refractivity contribution in [2.24, 2.45) is 0 Å². The fourth-order valence-corrected chi connectivity index (χ4v) is 10.9. The molecule has 0 unspecified atom stereocenters. The van der Waals surface area contributed by atoms with E-state index >= 15 is 0 Å². The van der Waals surface area contributed by atoms with E-state index in [-0.39, 0.29) is 18.1 Å². The Morgan fingerprint density at radius 3 is 2.47 bits per heavy atom. The standard InChI is InChI=1S/C42H40F3N7O6S4/c1-51(2)20-18-28(25-59-29-9-4-3-5-10-29)47-35-15-14-30(22-38(35)62(57,58)42(43,44)45)61(55,56)26-36(53)33-12-7-13-39(48-33)52-21-17-27-8-6-11-31(32(27)24-52)40(54)50-41-49-34-16-19-46-23-37(34)60-41/h3-16,19,22-23,28,47H,17-18,20-21,24-26H2,1-2H3,(H,49,50,54)/t28-/m1/s1. The summed E-state index contributed by atoms with van der Waals surface area (Å²) in [6.45, 7) is 1.22. The van der Waals surface area contributed by atoms with E-state index in [1.807, 2.05) is 60.3 Å². The van der Waals surface area contributed by atoms with Crippen LogP contribution in [-0.2, 0) is 32.6 Å². The van der Waals surface area contributed by atoms with Gasteiger partial charge in [-0.05, 0) is 99.2 Å². The van der Waals surface area contributed by atoms with E-state index in [2.05, 4.69) is 25.6 Å². The summed E-state index contributed by atoms with van der Waals surface area (Å²) >= 11 is 2.72. The molecule has 3 aromatic heterocycles. The van der Waals surface area contributed by atoms with Gasteiger partial charge < -0.3 is 15.1 Å². The molecule has 0 spiro atoms. The first-order valence-electron chi connectivity index (χ1n) is 19.1. The number of fused-ring (bicyclic) bond motifs is 2. The molecule has 62 heavy (non-hydrogen) atoms. The Bertz CT molecular complexity index is 2810. The van der Waals surface area contributed by atoms with Crippen LogP contribution < -0.4 is 15.5 Å². The van der Waals surface area contributed by atoms with Gasteiger partial charge in [-0.1, -0.05) is 47.7 Å². The molecule has 0 saturated carbocycles. The zero-order valence-corrected chi connectivity index (χ0v) is 36.6. The number of ketones is 1. The molecule has 1 aliphatic heterocycles. The molecule has 20 heteroatoms. The minimum Gasteiger partial charge on any atom is -0.380 e. The van der Waals surface area contributed by atoms with Gasteiger partial charge in [-0.2, -0.15) is 13.2 Å². The van der Waals surface area contributed by atoms with Gasteiger partial charge in [-0.25, -0.2) is 26.8 Å². The Morgan fingerprint density at radius 1 is 0.952 bits per heavy atom. The van der Waals surface area contributed by atoms with Crippen molar-refractivity contribution >= 4 is 81.3 Å². The Hall–Kier alpha value is -5.41. The monoisotopic (exact) mass is 923 g/mol. The number of halogens is 3. The third-order valence-corrected chi connectivity index (χ3v) is 15.2. The SMILES string of the molecule is CN(C)CC[C@H](CSc1ccccc1)Nc1ccc(S(=O)(=O)CC(=O)c2cccc(N3CCc4cccc(C(=O)Nc5nc6ccncc6s5)c4C3)n2)cc1S(=O)(=O)C(F)(F)F. The van der Waals surface area contributed by atoms with Crippen LogP contribution in [0.25, 0.3) is 10.2 Å². The molecule has 0 radical (unpaired) electrons. The Kier molecular flexibility index (Phi) is 13.3. The molecule has 0 aliphatic carbocycles. The molecule has 4 heterocycles. The van der Waals surface area contributed by atoms with Gasteiger partial charge in [-0.3, -0.25) is 19.9 Å². The number of thiazole rings is 1. The number of alkyl halides is 3. The number of aromatic nitrogens is 3. The molecular formula is C42H40F3N7O6S4. The van der Waals surface area contributed by atoms with Gasteiger partial charge >= 0.3 is 5.51 Å². The lowest BCUT2D eigenvalue weighted by atomic mass is 9.94. The van der Waals surface area contributed by atoms with Crippen LogP contribution in [0.3, 0.4) is 0 Å². The maximum absolute atomic E-state index is 14.1.